The van der Waals surface area contributed by atoms with E-state index in [9.17, 15) is 4.79 Å². The van der Waals surface area contributed by atoms with Gasteiger partial charge in [0.15, 0.2) is 0 Å². The highest BCUT2D eigenvalue weighted by atomic mass is 16.5. The number of nitrogens with one attached hydrogen (secondary N) is 1. The van der Waals surface area contributed by atoms with Crippen molar-refractivity contribution >= 4 is 5.91 Å². The van der Waals surface area contributed by atoms with E-state index >= 15 is 0 Å². The van der Waals surface area contributed by atoms with Crippen molar-refractivity contribution in [2.75, 3.05) is 32.8 Å². The maximum absolute atomic E-state index is 11.9. The molecule has 2 fully saturated rings. The molecule has 0 aromatic rings. The first-order valence-corrected chi connectivity index (χ1v) is 6.90. The first kappa shape index (κ1) is 12.8. The number of carbonyl (C=O) groups is 1. The molecule has 1 saturated heterocycles. The highest BCUT2D eigenvalue weighted by molar-refractivity contribution is 5.76. The summed E-state index contributed by atoms with van der Waals surface area (Å²) in [4.78, 5) is 13.8. The molecule has 0 spiro atoms. The monoisotopic (exact) mass is 240 g/mol. The molecule has 1 N–H and O–H groups in total. The molecule has 1 aliphatic carbocycles. The molecule has 1 saturated carbocycles. The number of amides is 1. The van der Waals surface area contributed by atoms with Crippen LogP contribution in [0.5, 0.6) is 0 Å². The minimum atomic E-state index is 0.270. The molecule has 98 valence electrons. The zero-order chi connectivity index (χ0) is 12.1. The van der Waals surface area contributed by atoms with Gasteiger partial charge in [-0.3, -0.25) is 4.79 Å². The molecule has 4 heteroatoms. The van der Waals surface area contributed by atoms with Gasteiger partial charge in [-0.1, -0.05) is 6.92 Å². The van der Waals surface area contributed by atoms with Crippen LogP contribution in [0.4, 0.5) is 0 Å². The predicted octanol–water partition coefficient (Wildman–Crippen LogP) is 1.01. The summed E-state index contributed by atoms with van der Waals surface area (Å²) in [5.41, 5.74) is 0. The molecule has 2 aliphatic rings. The van der Waals surface area contributed by atoms with Crippen LogP contribution < -0.4 is 5.32 Å². The van der Waals surface area contributed by atoms with Crippen LogP contribution in [-0.2, 0) is 9.53 Å². The first-order chi connectivity index (χ1) is 8.31. The number of hydrogen-bond donors (Lipinski definition) is 1. The second-order valence-electron chi connectivity index (χ2n) is 5.05. The number of rotatable bonds is 6. The Balaban J connectivity index is 1.61. The molecule has 1 unspecified atom stereocenters. The molecule has 1 aliphatic heterocycles. The molecule has 4 nitrogen and oxygen atoms in total. The van der Waals surface area contributed by atoms with E-state index in [1.165, 1.54) is 19.3 Å². The average molecular weight is 240 g/mol. The molecule has 1 heterocycles. The van der Waals surface area contributed by atoms with Crippen molar-refractivity contribution in [1.82, 2.24) is 10.2 Å². The van der Waals surface area contributed by atoms with Crippen LogP contribution in [0.1, 0.15) is 32.6 Å². The van der Waals surface area contributed by atoms with Gasteiger partial charge in [0.05, 0.1) is 13.2 Å². The van der Waals surface area contributed by atoms with E-state index in [0.717, 1.165) is 25.6 Å². The molecule has 2 rings (SSSR count). The summed E-state index contributed by atoms with van der Waals surface area (Å²) in [7, 11) is 0. The molecule has 0 aromatic heterocycles. The zero-order valence-corrected chi connectivity index (χ0v) is 10.8. The number of ether oxygens (including phenoxy) is 1. The lowest BCUT2D eigenvalue weighted by atomic mass is 10.1. The minimum Gasteiger partial charge on any atom is -0.378 e. The van der Waals surface area contributed by atoms with Gasteiger partial charge in [0.2, 0.25) is 5.91 Å². The van der Waals surface area contributed by atoms with Crippen molar-refractivity contribution < 1.29 is 9.53 Å². The number of carbonyl (C=O) groups excluding carboxylic acids is 1. The SMILES string of the molecule is CCC(NCCC(=O)N1CCOCC1)C1CC1. The van der Waals surface area contributed by atoms with Gasteiger partial charge in [0.1, 0.15) is 0 Å². The van der Waals surface area contributed by atoms with Crippen molar-refractivity contribution in [2.45, 2.75) is 38.6 Å². The molecule has 17 heavy (non-hydrogen) atoms. The number of nitrogens with zero attached hydrogens (tertiary/aromatic N) is 1. The molecule has 1 atom stereocenters. The second kappa shape index (κ2) is 6.36. The standard InChI is InChI=1S/C13H24N2O2/c1-2-12(11-3-4-11)14-6-5-13(16)15-7-9-17-10-8-15/h11-12,14H,2-10H2,1H3. The fraction of sp³-hybridized carbons (Fsp3) is 0.923. The first-order valence-electron chi connectivity index (χ1n) is 6.90. The molecular formula is C13H24N2O2. The van der Waals surface area contributed by atoms with E-state index < -0.39 is 0 Å². The topological polar surface area (TPSA) is 41.6 Å². The van der Waals surface area contributed by atoms with Crippen molar-refractivity contribution in [3.05, 3.63) is 0 Å². The molecular weight excluding hydrogens is 216 g/mol. The Bertz CT molecular complexity index is 248. The average Bonchev–Trinajstić information content (AvgIpc) is 3.20. The van der Waals surface area contributed by atoms with E-state index in [1.807, 2.05) is 4.90 Å². The van der Waals surface area contributed by atoms with E-state index in [1.54, 1.807) is 0 Å². The van der Waals surface area contributed by atoms with Crippen LogP contribution in [0.2, 0.25) is 0 Å². The predicted molar refractivity (Wildman–Crippen MR) is 66.8 cm³/mol. The van der Waals surface area contributed by atoms with Crippen molar-refractivity contribution in [3.63, 3.8) is 0 Å². The second-order valence-corrected chi connectivity index (χ2v) is 5.05. The van der Waals surface area contributed by atoms with Crippen molar-refractivity contribution in [1.29, 1.82) is 0 Å². The minimum absolute atomic E-state index is 0.270. The zero-order valence-electron chi connectivity index (χ0n) is 10.8. The summed E-state index contributed by atoms with van der Waals surface area (Å²) in [6.07, 6.45) is 4.53. The third kappa shape index (κ3) is 3.96. The summed E-state index contributed by atoms with van der Waals surface area (Å²) in [6, 6.07) is 0.632. The Morgan fingerprint density at radius 1 is 1.41 bits per heavy atom. The Labute approximate surface area is 104 Å². The Morgan fingerprint density at radius 3 is 2.71 bits per heavy atom. The smallest absolute Gasteiger partial charge is 0.224 e. The van der Waals surface area contributed by atoms with Crippen LogP contribution in [0, 0.1) is 5.92 Å². The summed E-state index contributed by atoms with van der Waals surface area (Å²) >= 11 is 0. The lowest BCUT2D eigenvalue weighted by Crippen LogP contribution is -2.42. The van der Waals surface area contributed by atoms with Crippen LogP contribution in [0.25, 0.3) is 0 Å². The fourth-order valence-electron chi connectivity index (χ4n) is 2.48. The summed E-state index contributed by atoms with van der Waals surface area (Å²) < 4.78 is 5.24. The Morgan fingerprint density at radius 2 is 2.12 bits per heavy atom. The summed E-state index contributed by atoms with van der Waals surface area (Å²) in [5.74, 6) is 1.14. The normalized spacial score (nSPS) is 22.5. The molecule has 0 aromatic carbocycles. The fourth-order valence-corrected chi connectivity index (χ4v) is 2.48. The maximum atomic E-state index is 11.9. The lowest BCUT2D eigenvalue weighted by molar-refractivity contribution is -0.135. The summed E-state index contributed by atoms with van der Waals surface area (Å²) in [5, 5.41) is 3.52. The third-order valence-corrected chi connectivity index (χ3v) is 3.74. The van der Waals surface area contributed by atoms with Gasteiger partial charge in [0.25, 0.3) is 0 Å². The van der Waals surface area contributed by atoms with E-state index in [2.05, 4.69) is 12.2 Å². The maximum Gasteiger partial charge on any atom is 0.224 e. The van der Waals surface area contributed by atoms with Gasteiger partial charge in [-0.05, 0) is 25.2 Å². The van der Waals surface area contributed by atoms with Crippen molar-refractivity contribution in [2.24, 2.45) is 5.92 Å². The molecule has 1 amide bonds. The third-order valence-electron chi connectivity index (χ3n) is 3.74. The van der Waals surface area contributed by atoms with Crippen LogP contribution in [0.15, 0.2) is 0 Å². The van der Waals surface area contributed by atoms with Gasteiger partial charge in [-0.15, -0.1) is 0 Å². The number of hydrogen-bond acceptors (Lipinski definition) is 3. The van der Waals surface area contributed by atoms with Gasteiger partial charge >= 0.3 is 0 Å². The highest BCUT2D eigenvalue weighted by Crippen LogP contribution is 2.33. The quantitative estimate of drug-likeness (QED) is 0.753. The van der Waals surface area contributed by atoms with Crippen LogP contribution >= 0.6 is 0 Å². The van der Waals surface area contributed by atoms with E-state index in [-0.39, 0.29) is 5.91 Å². The van der Waals surface area contributed by atoms with E-state index in [0.29, 0.717) is 25.7 Å². The Kier molecular flexibility index (Phi) is 4.80. The van der Waals surface area contributed by atoms with Gasteiger partial charge in [-0.25, -0.2) is 0 Å². The van der Waals surface area contributed by atoms with Crippen molar-refractivity contribution in [3.8, 4) is 0 Å². The Hall–Kier alpha value is -0.610. The molecule has 0 radical (unpaired) electrons. The van der Waals surface area contributed by atoms with Gasteiger partial charge in [-0.2, -0.15) is 0 Å². The lowest BCUT2D eigenvalue weighted by Gasteiger charge is -2.27. The summed E-state index contributed by atoms with van der Waals surface area (Å²) in [6.45, 7) is 5.96. The van der Waals surface area contributed by atoms with E-state index in [4.69, 9.17) is 4.74 Å². The van der Waals surface area contributed by atoms with Gasteiger partial charge in [0, 0.05) is 32.1 Å². The highest BCUT2D eigenvalue weighted by Gasteiger charge is 2.29. The number of morpholine rings is 1. The van der Waals surface area contributed by atoms with Crippen LogP contribution in [-0.4, -0.2) is 49.7 Å². The molecule has 0 bridgehead atoms. The van der Waals surface area contributed by atoms with Gasteiger partial charge < -0.3 is 15.0 Å². The largest absolute Gasteiger partial charge is 0.378 e. The van der Waals surface area contributed by atoms with Crippen LogP contribution in [0.3, 0.4) is 0 Å².